The average molecular weight is 294 g/mol. The topological polar surface area (TPSA) is 73.6 Å². The summed E-state index contributed by atoms with van der Waals surface area (Å²) < 4.78 is 10.6. The third kappa shape index (κ3) is 5.27. The maximum atomic E-state index is 12.2. The molecule has 0 saturated carbocycles. The summed E-state index contributed by atoms with van der Waals surface area (Å²) in [7, 11) is 3.16. The number of hydrogen-bond donors (Lipinski definition) is 2. The Morgan fingerprint density at radius 2 is 1.81 bits per heavy atom. The molecule has 0 aliphatic carbocycles. The average Bonchev–Trinajstić information content (AvgIpc) is 2.46. The molecule has 0 aliphatic rings. The first-order valence-corrected chi connectivity index (χ1v) is 7.21. The van der Waals surface area contributed by atoms with Gasteiger partial charge in [0.15, 0.2) is 0 Å². The van der Waals surface area contributed by atoms with E-state index < -0.39 is 0 Å². The van der Waals surface area contributed by atoms with E-state index in [1.54, 1.807) is 14.2 Å². The Kier molecular flexibility index (Phi) is 7.02. The quantitative estimate of drug-likeness (QED) is 0.766. The van der Waals surface area contributed by atoms with Crippen molar-refractivity contribution in [3.8, 4) is 11.5 Å². The number of carbonyl (C=O) groups excluding carboxylic acids is 1. The summed E-state index contributed by atoms with van der Waals surface area (Å²) in [5.41, 5.74) is 6.46. The van der Waals surface area contributed by atoms with Crippen molar-refractivity contribution in [1.29, 1.82) is 0 Å². The van der Waals surface area contributed by atoms with Gasteiger partial charge in [-0.3, -0.25) is 4.79 Å². The fourth-order valence-electron chi connectivity index (χ4n) is 2.32. The number of amides is 1. The molecule has 0 saturated heterocycles. The SMILES string of the molecule is COc1cccc(OC)c1CC(=O)NC(CN)CC(C)C. The van der Waals surface area contributed by atoms with E-state index in [0.29, 0.717) is 24.0 Å². The van der Waals surface area contributed by atoms with E-state index >= 15 is 0 Å². The fourth-order valence-corrected chi connectivity index (χ4v) is 2.32. The maximum Gasteiger partial charge on any atom is 0.224 e. The lowest BCUT2D eigenvalue weighted by atomic mass is 10.0. The van der Waals surface area contributed by atoms with Crippen LogP contribution in [0.1, 0.15) is 25.8 Å². The minimum atomic E-state index is -0.0751. The zero-order valence-electron chi connectivity index (χ0n) is 13.3. The lowest BCUT2D eigenvalue weighted by Crippen LogP contribution is -2.41. The minimum Gasteiger partial charge on any atom is -0.496 e. The van der Waals surface area contributed by atoms with Crippen molar-refractivity contribution in [2.75, 3.05) is 20.8 Å². The molecule has 1 aromatic carbocycles. The molecule has 1 aromatic rings. The van der Waals surface area contributed by atoms with Crippen molar-refractivity contribution >= 4 is 5.91 Å². The van der Waals surface area contributed by atoms with Crippen LogP contribution in [0.4, 0.5) is 0 Å². The van der Waals surface area contributed by atoms with Gasteiger partial charge in [0.05, 0.1) is 20.6 Å². The van der Waals surface area contributed by atoms with Crippen LogP contribution in [0.25, 0.3) is 0 Å². The normalized spacial score (nSPS) is 12.1. The molecule has 0 fully saturated rings. The highest BCUT2D eigenvalue weighted by atomic mass is 16.5. The van der Waals surface area contributed by atoms with Crippen LogP contribution in [0.3, 0.4) is 0 Å². The van der Waals surface area contributed by atoms with Gasteiger partial charge < -0.3 is 20.5 Å². The van der Waals surface area contributed by atoms with Crippen LogP contribution in [-0.4, -0.2) is 32.7 Å². The number of nitrogens with two attached hydrogens (primary N) is 1. The predicted molar refractivity (Wildman–Crippen MR) is 83.7 cm³/mol. The molecule has 1 atom stereocenters. The number of carbonyl (C=O) groups is 1. The third-order valence-corrected chi connectivity index (χ3v) is 3.27. The number of benzene rings is 1. The molecule has 0 aliphatic heterocycles. The summed E-state index contributed by atoms with van der Waals surface area (Å²) in [5.74, 6) is 1.71. The molecule has 0 bridgehead atoms. The molecular weight excluding hydrogens is 268 g/mol. The van der Waals surface area contributed by atoms with Gasteiger partial charge in [-0.15, -0.1) is 0 Å². The predicted octanol–water partition coefficient (Wildman–Crippen LogP) is 1.74. The smallest absolute Gasteiger partial charge is 0.224 e. The molecule has 1 amide bonds. The molecule has 1 rings (SSSR count). The molecule has 0 spiro atoms. The summed E-state index contributed by atoms with van der Waals surface area (Å²) in [4.78, 5) is 12.2. The van der Waals surface area contributed by atoms with Crippen molar-refractivity contribution in [3.63, 3.8) is 0 Å². The van der Waals surface area contributed by atoms with Gasteiger partial charge in [-0.2, -0.15) is 0 Å². The monoisotopic (exact) mass is 294 g/mol. The Balaban J connectivity index is 2.78. The number of methoxy groups -OCH3 is 2. The molecular formula is C16H26N2O3. The van der Waals surface area contributed by atoms with Crippen molar-refractivity contribution in [1.82, 2.24) is 5.32 Å². The van der Waals surface area contributed by atoms with Crippen molar-refractivity contribution in [2.24, 2.45) is 11.7 Å². The molecule has 5 nitrogen and oxygen atoms in total. The van der Waals surface area contributed by atoms with Crippen LogP contribution in [0.5, 0.6) is 11.5 Å². The molecule has 0 heterocycles. The van der Waals surface area contributed by atoms with Gasteiger partial charge in [0, 0.05) is 18.2 Å². The molecule has 0 radical (unpaired) electrons. The first kappa shape index (κ1) is 17.3. The van der Waals surface area contributed by atoms with Gasteiger partial charge in [0.25, 0.3) is 0 Å². The second-order valence-electron chi connectivity index (χ2n) is 5.45. The summed E-state index contributed by atoms with van der Waals surface area (Å²) >= 11 is 0. The summed E-state index contributed by atoms with van der Waals surface area (Å²) in [6, 6.07) is 5.47. The Labute approximate surface area is 126 Å². The summed E-state index contributed by atoms with van der Waals surface area (Å²) in [6.45, 7) is 4.66. The second-order valence-corrected chi connectivity index (χ2v) is 5.45. The van der Waals surface area contributed by atoms with Gasteiger partial charge in [-0.05, 0) is 24.5 Å². The van der Waals surface area contributed by atoms with E-state index in [9.17, 15) is 4.79 Å². The molecule has 0 aromatic heterocycles. The Bertz CT molecular complexity index is 439. The fraction of sp³-hybridized carbons (Fsp3) is 0.562. The lowest BCUT2D eigenvalue weighted by Gasteiger charge is -2.19. The van der Waals surface area contributed by atoms with Gasteiger partial charge >= 0.3 is 0 Å². The highest BCUT2D eigenvalue weighted by Gasteiger charge is 2.17. The molecule has 118 valence electrons. The van der Waals surface area contributed by atoms with E-state index in [4.69, 9.17) is 15.2 Å². The third-order valence-electron chi connectivity index (χ3n) is 3.27. The number of rotatable bonds is 8. The van der Waals surface area contributed by atoms with Crippen LogP contribution in [-0.2, 0) is 11.2 Å². The minimum absolute atomic E-state index is 0.00166. The van der Waals surface area contributed by atoms with E-state index in [0.717, 1.165) is 12.0 Å². The summed E-state index contributed by atoms with van der Waals surface area (Å²) in [6.07, 6.45) is 1.08. The zero-order valence-corrected chi connectivity index (χ0v) is 13.3. The molecule has 3 N–H and O–H groups in total. The highest BCUT2D eigenvalue weighted by Crippen LogP contribution is 2.28. The summed E-state index contributed by atoms with van der Waals surface area (Å²) in [5, 5.41) is 2.97. The van der Waals surface area contributed by atoms with Gasteiger partial charge in [-0.1, -0.05) is 19.9 Å². The molecule has 1 unspecified atom stereocenters. The second kappa shape index (κ2) is 8.52. The van der Waals surface area contributed by atoms with Gasteiger partial charge in [-0.25, -0.2) is 0 Å². The lowest BCUT2D eigenvalue weighted by molar-refractivity contribution is -0.121. The van der Waals surface area contributed by atoms with Crippen molar-refractivity contribution in [2.45, 2.75) is 32.7 Å². The van der Waals surface area contributed by atoms with Crippen molar-refractivity contribution in [3.05, 3.63) is 23.8 Å². The number of hydrogen-bond acceptors (Lipinski definition) is 4. The van der Waals surface area contributed by atoms with Gasteiger partial charge in [0.1, 0.15) is 11.5 Å². The molecule has 5 heteroatoms. The van der Waals surface area contributed by atoms with E-state index in [2.05, 4.69) is 19.2 Å². The maximum absolute atomic E-state index is 12.2. The zero-order chi connectivity index (χ0) is 15.8. The highest BCUT2D eigenvalue weighted by molar-refractivity contribution is 5.80. The van der Waals surface area contributed by atoms with Crippen LogP contribution in [0, 0.1) is 5.92 Å². The van der Waals surface area contributed by atoms with E-state index in [1.165, 1.54) is 0 Å². The first-order chi connectivity index (χ1) is 10.0. The van der Waals surface area contributed by atoms with Gasteiger partial charge in [0.2, 0.25) is 5.91 Å². The Morgan fingerprint density at radius 1 is 1.24 bits per heavy atom. The Morgan fingerprint density at radius 3 is 2.24 bits per heavy atom. The first-order valence-electron chi connectivity index (χ1n) is 7.21. The largest absolute Gasteiger partial charge is 0.496 e. The number of nitrogens with one attached hydrogen (secondary N) is 1. The van der Waals surface area contributed by atoms with Crippen molar-refractivity contribution < 1.29 is 14.3 Å². The van der Waals surface area contributed by atoms with E-state index in [-0.39, 0.29) is 18.4 Å². The van der Waals surface area contributed by atoms with Crippen LogP contribution < -0.4 is 20.5 Å². The molecule has 21 heavy (non-hydrogen) atoms. The van der Waals surface area contributed by atoms with Crippen LogP contribution in [0.15, 0.2) is 18.2 Å². The van der Waals surface area contributed by atoms with Crippen LogP contribution in [0.2, 0.25) is 0 Å². The Hall–Kier alpha value is -1.75. The van der Waals surface area contributed by atoms with Crippen LogP contribution >= 0.6 is 0 Å². The van der Waals surface area contributed by atoms with E-state index in [1.807, 2.05) is 18.2 Å². The number of ether oxygens (including phenoxy) is 2. The standard InChI is InChI=1S/C16H26N2O3/c1-11(2)8-12(10-17)18-16(19)9-13-14(20-3)6-5-7-15(13)21-4/h5-7,11-12H,8-10,17H2,1-4H3,(H,18,19).